The van der Waals surface area contributed by atoms with E-state index in [1.807, 2.05) is 13.8 Å². The summed E-state index contributed by atoms with van der Waals surface area (Å²) in [5.41, 5.74) is 0.0946. The van der Waals surface area contributed by atoms with Crippen LogP contribution in [-0.4, -0.2) is 51.8 Å². The molecule has 9 heteroatoms. The molecular weight excluding hydrogens is 378 g/mol. The first-order valence-corrected chi connectivity index (χ1v) is 8.57. The van der Waals surface area contributed by atoms with Crippen molar-refractivity contribution >= 4 is 29.4 Å². The fraction of sp³-hybridized carbons (Fsp3) is 0.500. The van der Waals surface area contributed by atoms with Crippen molar-refractivity contribution in [2.45, 2.75) is 26.3 Å². The van der Waals surface area contributed by atoms with Gasteiger partial charge in [-0.3, -0.25) is 4.79 Å². The summed E-state index contributed by atoms with van der Waals surface area (Å²) >= 11 is 6.04. The molecule has 1 aromatic carbocycles. The zero-order valence-corrected chi connectivity index (χ0v) is 16.7. The van der Waals surface area contributed by atoms with Gasteiger partial charge in [0.15, 0.2) is 18.1 Å². The maximum Gasteiger partial charge on any atom is 0.338 e. The number of hydrogen-bond acceptors (Lipinski definition) is 7. The van der Waals surface area contributed by atoms with Crippen LogP contribution in [0.2, 0.25) is 5.02 Å². The summed E-state index contributed by atoms with van der Waals surface area (Å²) in [5, 5.41) is 2.66. The van der Waals surface area contributed by atoms with Crippen molar-refractivity contribution in [2.24, 2.45) is 5.92 Å². The van der Waals surface area contributed by atoms with Gasteiger partial charge in [0.25, 0.3) is 5.91 Å². The third-order valence-corrected chi connectivity index (χ3v) is 3.81. The Bertz CT molecular complexity index is 691. The second-order valence-electron chi connectivity index (χ2n) is 6.04. The highest BCUT2D eigenvalue weighted by atomic mass is 35.5. The summed E-state index contributed by atoms with van der Waals surface area (Å²) < 4.78 is 19.9. The molecule has 150 valence electrons. The van der Waals surface area contributed by atoms with E-state index < -0.39 is 30.5 Å². The van der Waals surface area contributed by atoms with Crippen LogP contribution in [0.4, 0.5) is 0 Å². The number of amides is 1. The third-order valence-electron chi connectivity index (χ3n) is 3.53. The monoisotopic (exact) mass is 401 g/mol. The first-order chi connectivity index (χ1) is 12.7. The van der Waals surface area contributed by atoms with E-state index >= 15 is 0 Å². The van der Waals surface area contributed by atoms with E-state index in [-0.39, 0.29) is 28.0 Å². The first kappa shape index (κ1) is 22.6. The minimum Gasteiger partial charge on any atom is -0.493 e. The highest BCUT2D eigenvalue weighted by molar-refractivity contribution is 6.32. The van der Waals surface area contributed by atoms with E-state index in [0.29, 0.717) is 6.42 Å². The number of halogens is 1. The number of carbonyl (C=O) groups is 3. The molecule has 1 unspecified atom stereocenters. The van der Waals surface area contributed by atoms with Crippen LogP contribution in [0.1, 0.15) is 30.6 Å². The zero-order chi connectivity index (χ0) is 20.6. The van der Waals surface area contributed by atoms with Gasteiger partial charge in [-0.15, -0.1) is 0 Å². The van der Waals surface area contributed by atoms with Gasteiger partial charge in [0.1, 0.15) is 6.04 Å². The molecule has 0 aromatic heterocycles. The van der Waals surface area contributed by atoms with Gasteiger partial charge < -0.3 is 24.3 Å². The van der Waals surface area contributed by atoms with Crippen LogP contribution in [0.25, 0.3) is 0 Å². The number of esters is 2. The lowest BCUT2D eigenvalue weighted by Gasteiger charge is -2.18. The molecule has 0 saturated carbocycles. The Hall–Kier alpha value is -2.48. The largest absolute Gasteiger partial charge is 0.493 e. The molecule has 0 aliphatic carbocycles. The summed E-state index contributed by atoms with van der Waals surface area (Å²) in [5.74, 6) is -1.26. The molecule has 1 amide bonds. The standard InChI is InChI=1S/C18H24ClNO7/c1-10(2)6-13(18(23)26-5)20-15(21)9-27-17(22)11-7-12(19)16(25-4)14(8-11)24-3/h7-8,10,13H,6,9H2,1-5H3,(H,20,21). The van der Waals surface area contributed by atoms with Gasteiger partial charge in [0.05, 0.1) is 31.9 Å². The van der Waals surface area contributed by atoms with Crippen molar-refractivity contribution in [3.8, 4) is 11.5 Å². The molecule has 0 heterocycles. The molecule has 8 nitrogen and oxygen atoms in total. The molecule has 0 aliphatic rings. The van der Waals surface area contributed by atoms with Crippen LogP contribution in [-0.2, 0) is 19.1 Å². The molecule has 1 N–H and O–H groups in total. The molecule has 1 atom stereocenters. The zero-order valence-electron chi connectivity index (χ0n) is 16.0. The Morgan fingerprint density at radius 3 is 2.30 bits per heavy atom. The summed E-state index contributed by atoms with van der Waals surface area (Å²) in [6, 6.07) is 1.93. The molecule has 0 spiro atoms. The normalized spacial score (nSPS) is 11.5. The maximum absolute atomic E-state index is 12.2. The van der Waals surface area contributed by atoms with Crippen LogP contribution >= 0.6 is 11.6 Å². The molecule has 0 saturated heterocycles. The lowest BCUT2D eigenvalue weighted by molar-refractivity contribution is -0.145. The van der Waals surface area contributed by atoms with Gasteiger partial charge in [-0.05, 0) is 24.5 Å². The van der Waals surface area contributed by atoms with E-state index in [1.165, 1.54) is 33.5 Å². The number of rotatable bonds is 9. The van der Waals surface area contributed by atoms with E-state index in [1.54, 1.807) is 0 Å². The van der Waals surface area contributed by atoms with Crippen molar-refractivity contribution < 1.29 is 33.3 Å². The van der Waals surface area contributed by atoms with Gasteiger partial charge in [-0.2, -0.15) is 0 Å². The minimum atomic E-state index is -0.809. The third kappa shape index (κ3) is 6.63. The number of carbonyl (C=O) groups excluding carboxylic acids is 3. The van der Waals surface area contributed by atoms with Gasteiger partial charge in [-0.1, -0.05) is 25.4 Å². The number of methoxy groups -OCH3 is 3. The van der Waals surface area contributed by atoms with Crippen LogP contribution in [0.15, 0.2) is 12.1 Å². The molecule has 0 radical (unpaired) electrons. The van der Waals surface area contributed by atoms with E-state index in [9.17, 15) is 14.4 Å². The Labute approximate surface area is 163 Å². The predicted octanol–water partition coefficient (Wildman–Crippen LogP) is 2.22. The second kappa shape index (κ2) is 10.6. The van der Waals surface area contributed by atoms with Crippen molar-refractivity contribution in [3.05, 3.63) is 22.7 Å². The molecule has 1 rings (SSSR count). The van der Waals surface area contributed by atoms with Crippen molar-refractivity contribution in [1.82, 2.24) is 5.32 Å². The molecule has 1 aromatic rings. The van der Waals surface area contributed by atoms with Crippen LogP contribution in [0.3, 0.4) is 0 Å². The van der Waals surface area contributed by atoms with Gasteiger partial charge >= 0.3 is 11.9 Å². The lowest BCUT2D eigenvalue weighted by atomic mass is 10.0. The number of hydrogen-bond donors (Lipinski definition) is 1. The lowest BCUT2D eigenvalue weighted by Crippen LogP contribution is -2.44. The number of ether oxygens (including phenoxy) is 4. The highest BCUT2D eigenvalue weighted by Crippen LogP contribution is 2.36. The fourth-order valence-corrected chi connectivity index (χ4v) is 2.60. The Kier molecular flexibility index (Phi) is 8.87. The average molecular weight is 402 g/mol. The average Bonchev–Trinajstić information content (AvgIpc) is 2.63. The highest BCUT2D eigenvalue weighted by Gasteiger charge is 2.23. The summed E-state index contributed by atoms with van der Waals surface area (Å²) in [6.45, 7) is 3.25. The van der Waals surface area contributed by atoms with Crippen LogP contribution in [0, 0.1) is 5.92 Å². The smallest absolute Gasteiger partial charge is 0.338 e. The topological polar surface area (TPSA) is 100 Å². The SMILES string of the molecule is COC(=O)C(CC(C)C)NC(=O)COC(=O)c1cc(Cl)c(OC)c(OC)c1. The molecule has 27 heavy (non-hydrogen) atoms. The summed E-state index contributed by atoms with van der Waals surface area (Å²) in [4.78, 5) is 35.9. The van der Waals surface area contributed by atoms with Gasteiger partial charge in [0.2, 0.25) is 0 Å². The van der Waals surface area contributed by atoms with Crippen molar-refractivity contribution in [2.75, 3.05) is 27.9 Å². The number of benzene rings is 1. The predicted molar refractivity (Wildman–Crippen MR) is 98.2 cm³/mol. The molecule has 0 aliphatic heterocycles. The first-order valence-electron chi connectivity index (χ1n) is 8.19. The Morgan fingerprint density at radius 1 is 1.11 bits per heavy atom. The van der Waals surface area contributed by atoms with E-state index in [4.69, 9.17) is 25.8 Å². The Morgan fingerprint density at radius 2 is 1.78 bits per heavy atom. The van der Waals surface area contributed by atoms with E-state index in [2.05, 4.69) is 10.1 Å². The summed E-state index contributed by atoms with van der Waals surface area (Å²) in [6.07, 6.45) is 0.400. The van der Waals surface area contributed by atoms with E-state index in [0.717, 1.165) is 0 Å². The Balaban J connectivity index is 2.74. The van der Waals surface area contributed by atoms with Crippen molar-refractivity contribution in [3.63, 3.8) is 0 Å². The molecular formula is C18H24ClNO7. The summed E-state index contributed by atoms with van der Waals surface area (Å²) in [7, 11) is 4.06. The van der Waals surface area contributed by atoms with Gasteiger partial charge in [-0.25, -0.2) is 9.59 Å². The van der Waals surface area contributed by atoms with Crippen molar-refractivity contribution in [1.29, 1.82) is 0 Å². The quantitative estimate of drug-likeness (QED) is 0.633. The minimum absolute atomic E-state index is 0.0946. The molecule has 0 bridgehead atoms. The second-order valence-corrected chi connectivity index (χ2v) is 6.45. The maximum atomic E-state index is 12.2. The number of nitrogens with one attached hydrogen (secondary N) is 1. The van der Waals surface area contributed by atoms with Crippen LogP contribution < -0.4 is 14.8 Å². The molecule has 0 fully saturated rings. The fourth-order valence-electron chi connectivity index (χ4n) is 2.31. The van der Waals surface area contributed by atoms with Crippen LogP contribution in [0.5, 0.6) is 11.5 Å². The van der Waals surface area contributed by atoms with Gasteiger partial charge in [0, 0.05) is 0 Å².